The minimum atomic E-state index is -0.667. The molecule has 2 aromatic rings. The van der Waals surface area contributed by atoms with Crippen molar-refractivity contribution in [3.63, 3.8) is 0 Å². The predicted molar refractivity (Wildman–Crippen MR) is 54.2 cm³/mol. The summed E-state index contributed by atoms with van der Waals surface area (Å²) < 4.78 is 0. The smallest absolute Gasteiger partial charge is 0.345 e. The van der Waals surface area contributed by atoms with Crippen LogP contribution in [-0.2, 0) is 0 Å². The van der Waals surface area contributed by atoms with Gasteiger partial charge in [-0.1, -0.05) is 0 Å². The average Bonchev–Trinajstić information content (AvgIpc) is 2.75. The number of carbonyl (C=O) groups excluding carboxylic acids is 1. The summed E-state index contributed by atoms with van der Waals surface area (Å²) in [6, 6.07) is 5.23. The molecule has 4 N–H and O–H groups in total. The summed E-state index contributed by atoms with van der Waals surface area (Å²) in [5, 5.41) is 0. The molecule has 0 aliphatic carbocycles. The van der Waals surface area contributed by atoms with E-state index < -0.39 is 11.6 Å². The highest BCUT2D eigenvalue weighted by molar-refractivity contribution is 5.90. The van der Waals surface area contributed by atoms with Crippen molar-refractivity contribution >= 4 is 5.91 Å². The second-order valence-corrected chi connectivity index (χ2v) is 2.54. The first-order chi connectivity index (χ1) is 7.20. The average molecular weight is 206 g/mol. The van der Waals surface area contributed by atoms with Gasteiger partial charge < -0.3 is 15.7 Å². The van der Waals surface area contributed by atoms with Crippen molar-refractivity contribution in [2.45, 2.75) is 0 Å². The minimum Gasteiger partial charge on any atom is -0.368 e. The normalized spacial score (nSPS) is 8.80. The summed E-state index contributed by atoms with van der Waals surface area (Å²) in [4.78, 5) is 29.1. The van der Waals surface area contributed by atoms with E-state index in [-0.39, 0.29) is 5.69 Å². The van der Waals surface area contributed by atoms with Crippen molar-refractivity contribution < 1.29 is 4.79 Å². The summed E-state index contributed by atoms with van der Waals surface area (Å²) in [5.41, 5.74) is 4.34. The van der Waals surface area contributed by atoms with Gasteiger partial charge >= 0.3 is 5.69 Å². The Morgan fingerprint density at radius 1 is 1.33 bits per heavy atom. The Hall–Kier alpha value is -2.37. The van der Waals surface area contributed by atoms with E-state index in [1.165, 1.54) is 12.3 Å². The van der Waals surface area contributed by atoms with E-state index in [1.807, 2.05) is 24.5 Å². The number of hydrogen-bond donors (Lipinski definition) is 3. The second-order valence-electron chi connectivity index (χ2n) is 2.54. The van der Waals surface area contributed by atoms with E-state index >= 15 is 0 Å². The SMILES string of the molecule is NC(=O)c1ccnc(=O)[nH]1.c1cc[nH]c1. The molecule has 78 valence electrons. The van der Waals surface area contributed by atoms with Crippen molar-refractivity contribution in [1.29, 1.82) is 0 Å². The monoisotopic (exact) mass is 206 g/mol. The van der Waals surface area contributed by atoms with E-state index in [4.69, 9.17) is 5.73 Å². The Bertz CT molecular complexity index is 444. The number of hydrogen-bond acceptors (Lipinski definition) is 3. The molecule has 0 aliphatic rings. The van der Waals surface area contributed by atoms with Crippen molar-refractivity contribution in [2.24, 2.45) is 5.73 Å². The van der Waals surface area contributed by atoms with Crippen LogP contribution >= 0.6 is 0 Å². The summed E-state index contributed by atoms with van der Waals surface area (Å²) >= 11 is 0. The molecular weight excluding hydrogens is 196 g/mol. The highest BCUT2D eigenvalue weighted by Crippen LogP contribution is 1.83. The molecule has 0 saturated heterocycles. The number of primary amides is 1. The fraction of sp³-hybridized carbons (Fsp3) is 0. The molecule has 6 heteroatoms. The van der Waals surface area contributed by atoms with Crippen LogP contribution < -0.4 is 11.4 Å². The standard InChI is InChI=1S/C5H5N3O2.C4H5N/c6-4(9)3-1-2-7-5(10)8-3;1-2-4-5-3-1/h1-2H,(H2,6,9)(H,7,8,10);1-5H. The molecule has 6 nitrogen and oxygen atoms in total. The van der Waals surface area contributed by atoms with E-state index in [9.17, 15) is 9.59 Å². The molecule has 0 spiro atoms. The number of nitrogens with two attached hydrogens (primary N) is 1. The van der Waals surface area contributed by atoms with Gasteiger partial charge in [-0.25, -0.2) is 9.78 Å². The Balaban J connectivity index is 0.000000187. The zero-order valence-corrected chi connectivity index (χ0v) is 7.81. The third kappa shape index (κ3) is 3.90. The number of aromatic nitrogens is 3. The molecule has 1 amide bonds. The van der Waals surface area contributed by atoms with Crippen LogP contribution in [0.2, 0.25) is 0 Å². The van der Waals surface area contributed by atoms with Gasteiger partial charge in [-0.15, -0.1) is 0 Å². The first-order valence-electron chi connectivity index (χ1n) is 4.13. The molecule has 15 heavy (non-hydrogen) atoms. The number of amides is 1. The molecule has 0 unspecified atom stereocenters. The van der Waals surface area contributed by atoms with Gasteiger partial charge in [-0.05, 0) is 18.2 Å². The van der Waals surface area contributed by atoms with E-state index in [0.29, 0.717) is 0 Å². The molecule has 2 heterocycles. The van der Waals surface area contributed by atoms with Crippen LogP contribution in [0.5, 0.6) is 0 Å². The van der Waals surface area contributed by atoms with Gasteiger partial charge in [0.1, 0.15) is 5.69 Å². The van der Waals surface area contributed by atoms with Gasteiger partial charge in [0.15, 0.2) is 0 Å². The summed E-state index contributed by atoms with van der Waals surface area (Å²) in [6.07, 6.45) is 4.97. The number of H-pyrrole nitrogens is 2. The molecule has 0 bridgehead atoms. The Morgan fingerprint density at radius 3 is 2.33 bits per heavy atom. The quantitative estimate of drug-likeness (QED) is 0.605. The summed E-state index contributed by atoms with van der Waals surface area (Å²) in [7, 11) is 0. The van der Waals surface area contributed by atoms with E-state index in [1.54, 1.807) is 0 Å². The van der Waals surface area contributed by atoms with Gasteiger partial charge in [0.2, 0.25) is 0 Å². The Morgan fingerprint density at radius 2 is 2.00 bits per heavy atom. The van der Waals surface area contributed by atoms with Crippen LogP contribution in [0.15, 0.2) is 41.6 Å². The van der Waals surface area contributed by atoms with Gasteiger partial charge in [-0.2, -0.15) is 0 Å². The van der Waals surface area contributed by atoms with Crippen LogP contribution in [0.1, 0.15) is 10.5 Å². The highest BCUT2D eigenvalue weighted by Gasteiger charge is 1.97. The lowest BCUT2D eigenvalue weighted by Gasteiger charge is -1.89. The number of nitrogens with one attached hydrogen (secondary N) is 2. The molecule has 0 aliphatic heterocycles. The minimum absolute atomic E-state index is 0.0694. The molecule has 2 aromatic heterocycles. The third-order valence-electron chi connectivity index (χ3n) is 1.44. The van der Waals surface area contributed by atoms with Crippen LogP contribution in [0, 0.1) is 0 Å². The summed E-state index contributed by atoms with van der Waals surface area (Å²) in [6.45, 7) is 0. The molecule has 0 atom stereocenters. The molecule has 0 aromatic carbocycles. The Labute approximate surface area is 85.2 Å². The predicted octanol–water partition coefficient (Wildman–Crippen LogP) is -0.117. The highest BCUT2D eigenvalue weighted by atomic mass is 16.2. The first kappa shape index (κ1) is 10.7. The molecule has 0 radical (unpaired) electrons. The number of rotatable bonds is 1. The molecule has 2 rings (SSSR count). The summed E-state index contributed by atoms with van der Waals surface area (Å²) in [5.74, 6) is -0.667. The van der Waals surface area contributed by atoms with Crippen molar-refractivity contribution in [3.8, 4) is 0 Å². The van der Waals surface area contributed by atoms with Crippen molar-refractivity contribution in [2.75, 3.05) is 0 Å². The number of aromatic amines is 2. The van der Waals surface area contributed by atoms with Crippen LogP contribution in [0.3, 0.4) is 0 Å². The van der Waals surface area contributed by atoms with Gasteiger partial charge in [0.05, 0.1) is 0 Å². The van der Waals surface area contributed by atoms with Gasteiger partial charge in [-0.3, -0.25) is 4.79 Å². The van der Waals surface area contributed by atoms with Crippen molar-refractivity contribution in [3.05, 3.63) is 53.0 Å². The molecule has 0 fully saturated rings. The Kier molecular flexibility index (Phi) is 3.84. The lowest BCUT2D eigenvalue weighted by Crippen LogP contribution is -2.19. The fourth-order valence-corrected chi connectivity index (χ4v) is 0.790. The van der Waals surface area contributed by atoms with Crippen LogP contribution in [0.25, 0.3) is 0 Å². The second kappa shape index (κ2) is 5.38. The fourth-order valence-electron chi connectivity index (χ4n) is 0.790. The first-order valence-corrected chi connectivity index (χ1v) is 4.13. The van der Waals surface area contributed by atoms with Crippen LogP contribution in [0.4, 0.5) is 0 Å². The van der Waals surface area contributed by atoms with Crippen LogP contribution in [-0.4, -0.2) is 20.9 Å². The maximum atomic E-state index is 10.4. The van der Waals surface area contributed by atoms with Crippen molar-refractivity contribution in [1.82, 2.24) is 15.0 Å². The lowest BCUT2D eigenvalue weighted by atomic mass is 10.4. The maximum Gasteiger partial charge on any atom is 0.345 e. The van der Waals surface area contributed by atoms with Gasteiger partial charge in [0.25, 0.3) is 5.91 Å². The largest absolute Gasteiger partial charge is 0.368 e. The van der Waals surface area contributed by atoms with Gasteiger partial charge in [0, 0.05) is 18.6 Å². The molecule has 0 saturated carbocycles. The lowest BCUT2D eigenvalue weighted by molar-refractivity contribution is 0.0995. The number of carbonyl (C=O) groups is 1. The maximum absolute atomic E-state index is 10.4. The van der Waals surface area contributed by atoms with E-state index in [2.05, 4.69) is 15.0 Å². The topological polar surface area (TPSA) is 105 Å². The number of nitrogens with zero attached hydrogens (tertiary/aromatic N) is 1. The van der Waals surface area contributed by atoms with E-state index in [0.717, 1.165) is 0 Å². The molecular formula is C9H10N4O2. The third-order valence-corrected chi connectivity index (χ3v) is 1.44. The zero-order valence-electron chi connectivity index (χ0n) is 7.81. The zero-order chi connectivity index (χ0) is 11.1.